The lowest BCUT2D eigenvalue weighted by atomic mass is 10.0. The van der Waals surface area contributed by atoms with Crippen LogP contribution in [0.25, 0.3) is 0 Å². The van der Waals surface area contributed by atoms with Crippen LogP contribution in [0.2, 0.25) is 0 Å². The Balaban J connectivity index is 1.61. The van der Waals surface area contributed by atoms with Gasteiger partial charge in [-0.1, -0.05) is 114 Å². The number of carbonyl (C=O) groups is 1. The van der Waals surface area contributed by atoms with Crippen LogP contribution in [0.3, 0.4) is 0 Å². The summed E-state index contributed by atoms with van der Waals surface area (Å²) in [6.45, 7) is 13.4. The highest BCUT2D eigenvalue weighted by Crippen LogP contribution is 2.12. The lowest BCUT2D eigenvalue weighted by Gasteiger charge is -2.09. The molecule has 1 N–H and O–H groups in total. The van der Waals surface area contributed by atoms with Gasteiger partial charge in [-0.05, 0) is 12.0 Å². The zero-order valence-electron chi connectivity index (χ0n) is 35.0. The highest BCUT2D eigenvalue weighted by atomic mass is 16.6. The number of alkyl carbamates (subject to hydrolysis) is 1. The monoisotopic (exact) mass is 802 g/mol. The van der Waals surface area contributed by atoms with Crippen molar-refractivity contribution in [2.75, 3.05) is 139 Å². The van der Waals surface area contributed by atoms with Gasteiger partial charge >= 0.3 is 6.09 Å². The fourth-order valence-corrected chi connectivity index (χ4v) is 5.30. The molecule has 1 rings (SSSR count). The molecule has 328 valence electrons. The Morgan fingerprint density at radius 1 is 0.393 bits per heavy atom. The van der Waals surface area contributed by atoms with E-state index in [1.54, 1.807) is 0 Å². The summed E-state index contributed by atoms with van der Waals surface area (Å²) in [4.78, 5) is 11.7. The minimum absolute atomic E-state index is 0.240. The van der Waals surface area contributed by atoms with E-state index in [1.807, 2.05) is 30.3 Å². The van der Waals surface area contributed by atoms with Gasteiger partial charge in [0.1, 0.15) is 6.61 Å². The van der Waals surface area contributed by atoms with Gasteiger partial charge in [0.15, 0.2) is 0 Å². The van der Waals surface area contributed by atoms with E-state index >= 15 is 0 Å². The normalized spacial score (nSPS) is 11.4. The number of unbranched alkanes of at least 4 members (excludes halogenated alkanes) is 12. The van der Waals surface area contributed by atoms with Gasteiger partial charge < -0.3 is 57.4 Å². The standard InChI is InChI=1S/C43H79NO12/c1-2-3-4-5-6-7-8-9-10-11-12-13-17-21-46-23-25-48-27-29-50-31-33-52-35-37-54-39-40-55-38-36-53-34-32-51-30-28-49-26-24-47-22-20-44-43(45)56-41-42-18-15-14-16-19-42/h14-16,18-19H,2-13,17,20-41H2,1H3,(H,44,45). The molecule has 13 nitrogen and oxygen atoms in total. The summed E-state index contributed by atoms with van der Waals surface area (Å²) in [5.74, 6) is 0. The van der Waals surface area contributed by atoms with E-state index in [0.29, 0.717) is 132 Å². The van der Waals surface area contributed by atoms with Crippen molar-refractivity contribution in [1.29, 1.82) is 0 Å². The van der Waals surface area contributed by atoms with E-state index in [0.717, 1.165) is 18.6 Å². The molecule has 0 bridgehead atoms. The second-order valence-electron chi connectivity index (χ2n) is 13.4. The number of nitrogens with one attached hydrogen (secondary N) is 1. The Hall–Kier alpha value is -1.91. The zero-order valence-corrected chi connectivity index (χ0v) is 35.0. The summed E-state index contributed by atoms with van der Waals surface area (Å²) in [5, 5.41) is 2.65. The summed E-state index contributed by atoms with van der Waals surface area (Å²) < 4.78 is 60.4. The lowest BCUT2D eigenvalue weighted by molar-refractivity contribution is -0.0264. The van der Waals surface area contributed by atoms with Gasteiger partial charge in [0.25, 0.3) is 0 Å². The second kappa shape index (κ2) is 45.8. The Morgan fingerprint density at radius 2 is 0.696 bits per heavy atom. The van der Waals surface area contributed by atoms with Crippen molar-refractivity contribution in [1.82, 2.24) is 5.32 Å². The first-order valence-corrected chi connectivity index (χ1v) is 21.5. The third-order valence-electron chi connectivity index (χ3n) is 8.47. The van der Waals surface area contributed by atoms with Gasteiger partial charge in [0, 0.05) is 13.2 Å². The quantitative estimate of drug-likeness (QED) is 0.0671. The van der Waals surface area contributed by atoms with E-state index in [2.05, 4.69) is 12.2 Å². The molecule has 0 unspecified atom stereocenters. The average molecular weight is 802 g/mol. The molecule has 0 aliphatic rings. The van der Waals surface area contributed by atoms with Gasteiger partial charge in [-0.2, -0.15) is 0 Å². The lowest BCUT2D eigenvalue weighted by Crippen LogP contribution is -2.28. The number of hydrogen-bond acceptors (Lipinski definition) is 12. The van der Waals surface area contributed by atoms with Crippen LogP contribution in [0.4, 0.5) is 4.79 Å². The van der Waals surface area contributed by atoms with Gasteiger partial charge in [-0.15, -0.1) is 0 Å². The first kappa shape index (κ1) is 52.1. The van der Waals surface area contributed by atoms with Crippen molar-refractivity contribution in [3.05, 3.63) is 35.9 Å². The molecule has 0 aliphatic heterocycles. The average Bonchev–Trinajstić information content (AvgIpc) is 3.22. The molecule has 1 aromatic rings. The molecule has 1 aromatic carbocycles. The van der Waals surface area contributed by atoms with Gasteiger partial charge in [-0.25, -0.2) is 4.79 Å². The maximum Gasteiger partial charge on any atom is 0.407 e. The highest BCUT2D eigenvalue weighted by molar-refractivity contribution is 5.67. The van der Waals surface area contributed by atoms with Gasteiger partial charge in [0.05, 0.1) is 126 Å². The Labute approximate surface area is 339 Å². The van der Waals surface area contributed by atoms with Crippen LogP contribution in [-0.2, 0) is 58.7 Å². The zero-order chi connectivity index (χ0) is 39.9. The first-order valence-electron chi connectivity index (χ1n) is 21.5. The number of amides is 1. The molecule has 56 heavy (non-hydrogen) atoms. The minimum atomic E-state index is -0.466. The molecule has 0 saturated carbocycles. The number of benzene rings is 1. The SMILES string of the molecule is CCCCCCCCCCCCCCCOCCOCCOCCOCCOCCOCCOCCOCCOCCOCCNC(=O)OCc1ccccc1. The second-order valence-corrected chi connectivity index (χ2v) is 13.4. The molecular formula is C43H79NO12. The smallest absolute Gasteiger partial charge is 0.407 e. The number of ether oxygens (including phenoxy) is 11. The number of carbonyl (C=O) groups excluding carboxylic acids is 1. The predicted octanol–water partition coefficient (Wildman–Crippen LogP) is 7.17. The first-order chi connectivity index (χ1) is 27.8. The van der Waals surface area contributed by atoms with Crippen LogP contribution in [0.5, 0.6) is 0 Å². The predicted molar refractivity (Wildman–Crippen MR) is 219 cm³/mol. The van der Waals surface area contributed by atoms with Crippen molar-refractivity contribution < 1.29 is 56.9 Å². The molecular weight excluding hydrogens is 722 g/mol. The van der Waals surface area contributed by atoms with Crippen LogP contribution in [0, 0.1) is 0 Å². The molecule has 0 heterocycles. The third-order valence-corrected chi connectivity index (χ3v) is 8.47. The van der Waals surface area contributed by atoms with E-state index in [-0.39, 0.29) is 6.61 Å². The molecule has 0 radical (unpaired) electrons. The summed E-state index contributed by atoms with van der Waals surface area (Å²) in [5.41, 5.74) is 0.941. The van der Waals surface area contributed by atoms with Crippen molar-refractivity contribution in [2.45, 2.75) is 97.0 Å². The Morgan fingerprint density at radius 3 is 1.05 bits per heavy atom. The van der Waals surface area contributed by atoms with Crippen LogP contribution >= 0.6 is 0 Å². The number of hydrogen-bond donors (Lipinski definition) is 1. The van der Waals surface area contributed by atoms with E-state index in [1.165, 1.54) is 77.0 Å². The van der Waals surface area contributed by atoms with Gasteiger partial charge in [0.2, 0.25) is 0 Å². The summed E-state index contributed by atoms with van der Waals surface area (Å²) >= 11 is 0. The molecule has 1 amide bonds. The molecule has 0 aromatic heterocycles. The largest absolute Gasteiger partial charge is 0.445 e. The molecule has 0 aliphatic carbocycles. The van der Waals surface area contributed by atoms with Crippen LogP contribution in [-0.4, -0.2) is 145 Å². The summed E-state index contributed by atoms with van der Waals surface area (Å²) in [6, 6.07) is 9.53. The maximum atomic E-state index is 11.7. The van der Waals surface area contributed by atoms with E-state index in [9.17, 15) is 4.79 Å². The van der Waals surface area contributed by atoms with E-state index < -0.39 is 6.09 Å². The van der Waals surface area contributed by atoms with E-state index in [4.69, 9.17) is 52.1 Å². The topological polar surface area (TPSA) is 131 Å². The van der Waals surface area contributed by atoms with Crippen molar-refractivity contribution >= 4 is 6.09 Å². The highest BCUT2D eigenvalue weighted by Gasteiger charge is 2.02. The third kappa shape index (κ3) is 41.7. The molecule has 0 saturated heterocycles. The fraction of sp³-hybridized carbons (Fsp3) is 0.837. The van der Waals surface area contributed by atoms with Crippen LogP contribution < -0.4 is 5.32 Å². The molecule has 13 heteroatoms. The van der Waals surface area contributed by atoms with Crippen molar-refractivity contribution in [3.63, 3.8) is 0 Å². The Kier molecular flexibility index (Phi) is 42.6. The van der Waals surface area contributed by atoms with Crippen molar-refractivity contribution in [3.8, 4) is 0 Å². The Bertz CT molecular complexity index is 901. The minimum Gasteiger partial charge on any atom is -0.445 e. The maximum absolute atomic E-state index is 11.7. The molecule has 0 atom stereocenters. The number of rotatable bonds is 46. The summed E-state index contributed by atoms with van der Waals surface area (Å²) in [7, 11) is 0. The van der Waals surface area contributed by atoms with Crippen LogP contribution in [0.15, 0.2) is 30.3 Å². The fourth-order valence-electron chi connectivity index (χ4n) is 5.30. The van der Waals surface area contributed by atoms with Gasteiger partial charge in [-0.3, -0.25) is 0 Å². The summed E-state index contributed by atoms with van der Waals surface area (Å²) in [6.07, 6.45) is 17.3. The van der Waals surface area contributed by atoms with Crippen molar-refractivity contribution in [2.24, 2.45) is 0 Å². The molecule has 0 spiro atoms. The molecule has 0 fully saturated rings. The van der Waals surface area contributed by atoms with Crippen LogP contribution in [0.1, 0.15) is 96.0 Å².